The molecule has 2 aromatic carbocycles. The van der Waals surface area contributed by atoms with Gasteiger partial charge < -0.3 is 10.1 Å². The first-order valence-electron chi connectivity index (χ1n) is 9.35. The van der Waals surface area contributed by atoms with Crippen molar-refractivity contribution in [3.8, 4) is 5.75 Å². The van der Waals surface area contributed by atoms with E-state index in [9.17, 15) is 0 Å². The zero-order valence-corrected chi connectivity index (χ0v) is 19.6. The van der Waals surface area contributed by atoms with Crippen LogP contribution in [0.15, 0.2) is 52.5 Å². The first-order chi connectivity index (χ1) is 13.1. The summed E-state index contributed by atoms with van der Waals surface area (Å²) < 4.78 is 7.09. The average Bonchev–Trinajstić information content (AvgIpc) is 2.66. The molecule has 0 spiro atoms. The van der Waals surface area contributed by atoms with Crippen LogP contribution in [0.1, 0.15) is 43.2 Å². The van der Waals surface area contributed by atoms with Gasteiger partial charge in [0, 0.05) is 32.2 Å². The molecule has 1 aliphatic carbocycles. The molecule has 0 aliphatic heterocycles. The van der Waals surface area contributed by atoms with Gasteiger partial charge in [-0.1, -0.05) is 56.8 Å². The molecule has 0 fully saturated rings. The van der Waals surface area contributed by atoms with E-state index in [1.54, 1.807) is 11.6 Å². The van der Waals surface area contributed by atoms with E-state index in [2.05, 4.69) is 33.4 Å². The van der Waals surface area contributed by atoms with E-state index in [4.69, 9.17) is 27.9 Å². The molecule has 152 valence electrons. The van der Waals surface area contributed by atoms with E-state index in [0.717, 1.165) is 40.9 Å². The predicted molar refractivity (Wildman–Crippen MR) is 125 cm³/mol. The highest BCUT2D eigenvalue weighted by Gasteiger charge is 2.08. The molecule has 0 aromatic heterocycles. The van der Waals surface area contributed by atoms with E-state index in [-0.39, 0.29) is 12.4 Å². The molecule has 0 bridgehead atoms. The summed E-state index contributed by atoms with van der Waals surface area (Å²) in [5, 5.41) is 4.80. The number of nitrogens with one attached hydrogen (secondary N) is 1. The third-order valence-electron chi connectivity index (χ3n) is 4.74. The Bertz CT molecular complexity index is 810. The third-order valence-corrected chi connectivity index (χ3v) is 5.82. The Kier molecular flexibility index (Phi) is 10.2. The molecule has 0 atom stereocenters. The van der Waals surface area contributed by atoms with Gasteiger partial charge in [0.1, 0.15) is 12.4 Å². The van der Waals surface area contributed by atoms with Crippen molar-refractivity contribution in [2.75, 3.05) is 6.54 Å². The van der Waals surface area contributed by atoms with Gasteiger partial charge >= 0.3 is 0 Å². The van der Waals surface area contributed by atoms with Crippen LogP contribution in [0.2, 0.25) is 10.0 Å². The van der Waals surface area contributed by atoms with Gasteiger partial charge in [0.25, 0.3) is 0 Å². The summed E-state index contributed by atoms with van der Waals surface area (Å²) in [6.45, 7) is 2.18. The van der Waals surface area contributed by atoms with Crippen LogP contribution < -0.4 is 10.1 Å². The Morgan fingerprint density at radius 3 is 2.64 bits per heavy atom. The summed E-state index contributed by atoms with van der Waals surface area (Å²) in [6.07, 6.45) is 8.72. The maximum Gasteiger partial charge on any atom is 0.124 e. The van der Waals surface area contributed by atoms with Crippen molar-refractivity contribution in [2.24, 2.45) is 0 Å². The largest absolute Gasteiger partial charge is 0.489 e. The smallest absolute Gasteiger partial charge is 0.124 e. The van der Waals surface area contributed by atoms with Crippen LogP contribution in [0.5, 0.6) is 5.75 Å². The quantitative estimate of drug-likeness (QED) is 0.293. The van der Waals surface area contributed by atoms with E-state index in [1.165, 1.54) is 25.7 Å². The molecule has 28 heavy (non-hydrogen) atoms. The van der Waals surface area contributed by atoms with Gasteiger partial charge in [0.15, 0.2) is 0 Å². The van der Waals surface area contributed by atoms with Gasteiger partial charge in [0.2, 0.25) is 0 Å². The summed E-state index contributed by atoms with van der Waals surface area (Å²) in [4.78, 5) is 0. The molecule has 1 N–H and O–H groups in total. The lowest BCUT2D eigenvalue weighted by atomic mass is 9.97. The van der Waals surface area contributed by atoms with Gasteiger partial charge in [-0.05, 0) is 69.0 Å². The van der Waals surface area contributed by atoms with Crippen molar-refractivity contribution in [1.29, 1.82) is 0 Å². The SMILES string of the molecule is Cl.Clc1ccc(COc2ccc(Br)cc2CNCCC2=CCCCC2)c(Cl)c1. The number of allylic oxidation sites excluding steroid dienone is 1. The molecule has 0 saturated carbocycles. The zero-order chi connectivity index (χ0) is 19.1. The predicted octanol–water partition coefficient (Wildman–Crippen LogP) is 7.74. The molecule has 2 aromatic rings. The first-order valence-corrected chi connectivity index (χ1v) is 10.9. The van der Waals surface area contributed by atoms with Crippen LogP contribution in [0.4, 0.5) is 0 Å². The normalized spacial score (nSPS) is 13.6. The number of rotatable bonds is 8. The fraction of sp³-hybridized carbons (Fsp3) is 0.364. The standard InChI is InChI=1S/C22H24BrCl2NO.ClH/c23-19-7-9-22(27-15-17-6-8-20(24)13-21(17)25)18(12-19)14-26-11-10-16-4-2-1-3-5-16;/h4,6-9,12-13,26H,1-3,5,10-11,14-15H2;1H. The van der Waals surface area contributed by atoms with Crippen molar-refractivity contribution in [1.82, 2.24) is 5.32 Å². The number of benzene rings is 2. The fourth-order valence-electron chi connectivity index (χ4n) is 3.22. The molecule has 6 heteroatoms. The van der Waals surface area contributed by atoms with Crippen molar-refractivity contribution >= 4 is 51.5 Å². The molecular formula is C22H25BrCl3NO. The van der Waals surface area contributed by atoms with E-state index >= 15 is 0 Å². The van der Waals surface area contributed by atoms with Gasteiger partial charge in [-0.2, -0.15) is 0 Å². The number of hydrogen-bond acceptors (Lipinski definition) is 2. The van der Waals surface area contributed by atoms with Gasteiger partial charge in [0.05, 0.1) is 0 Å². The van der Waals surface area contributed by atoms with Crippen LogP contribution in [0, 0.1) is 0 Å². The topological polar surface area (TPSA) is 21.3 Å². The lowest BCUT2D eigenvalue weighted by Gasteiger charge is -2.15. The highest BCUT2D eigenvalue weighted by molar-refractivity contribution is 9.10. The van der Waals surface area contributed by atoms with Crippen molar-refractivity contribution in [3.05, 3.63) is 73.7 Å². The fourth-order valence-corrected chi connectivity index (χ4v) is 4.10. The lowest BCUT2D eigenvalue weighted by molar-refractivity contribution is 0.302. The third kappa shape index (κ3) is 7.27. The molecule has 2 nitrogen and oxygen atoms in total. The summed E-state index contributed by atoms with van der Waals surface area (Å²) in [5.41, 5.74) is 3.65. The molecule has 0 saturated heterocycles. The maximum atomic E-state index is 6.25. The number of hydrogen-bond donors (Lipinski definition) is 1. The minimum atomic E-state index is 0. The molecule has 0 amide bonds. The molecule has 0 radical (unpaired) electrons. The molecule has 1 aliphatic rings. The second-order valence-electron chi connectivity index (χ2n) is 6.81. The van der Waals surface area contributed by atoms with Gasteiger partial charge in [-0.25, -0.2) is 0 Å². The maximum absolute atomic E-state index is 6.25. The van der Waals surface area contributed by atoms with Gasteiger partial charge in [-0.15, -0.1) is 12.4 Å². The molecule has 3 rings (SSSR count). The van der Waals surface area contributed by atoms with Crippen LogP contribution in [-0.4, -0.2) is 6.54 Å². The summed E-state index contributed by atoms with van der Waals surface area (Å²) in [5.74, 6) is 0.869. The summed E-state index contributed by atoms with van der Waals surface area (Å²) >= 11 is 15.8. The Morgan fingerprint density at radius 2 is 1.89 bits per heavy atom. The Labute approximate surface area is 192 Å². The number of halogens is 4. The van der Waals surface area contributed by atoms with Crippen LogP contribution in [-0.2, 0) is 13.2 Å². The van der Waals surface area contributed by atoms with Crippen molar-refractivity contribution in [2.45, 2.75) is 45.3 Å². The highest BCUT2D eigenvalue weighted by atomic mass is 79.9. The number of ether oxygens (including phenoxy) is 1. The Morgan fingerprint density at radius 1 is 1.04 bits per heavy atom. The van der Waals surface area contributed by atoms with Gasteiger partial charge in [-0.3, -0.25) is 0 Å². The summed E-state index contributed by atoms with van der Waals surface area (Å²) in [7, 11) is 0. The Balaban J connectivity index is 0.00000280. The van der Waals surface area contributed by atoms with Crippen LogP contribution in [0.25, 0.3) is 0 Å². The highest BCUT2D eigenvalue weighted by Crippen LogP contribution is 2.27. The molecule has 0 heterocycles. The minimum absolute atomic E-state index is 0. The first kappa shape index (κ1) is 23.6. The van der Waals surface area contributed by atoms with Crippen LogP contribution in [0.3, 0.4) is 0 Å². The van der Waals surface area contributed by atoms with E-state index < -0.39 is 0 Å². The average molecular weight is 506 g/mol. The van der Waals surface area contributed by atoms with Crippen molar-refractivity contribution in [3.63, 3.8) is 0 Å². The minimum Gasteiger partial charge on any atom is -0.489 e. The second-order valence-corrected chi connectivity index (χ2v) is 8.57. The molecule has 0 unspecified atom stereocenters. The van der Waals surface area contributed by atoms with E-state index in [0.29, 0.717) is 16.7 Å². The monoisotopic (exact) mass is 503 g/mol. The summed E-state index contributed by atoms with van der Waals surface area (Å²) in [6, 6.07) is 11.6. The second kappa shape index (κ2) is 12.1. The zero-order valence-electron chi connectivity index (χ0n) is 15.6. The Hall–Kier alpha value is -0.710. The van der Waals surface area contributed by atoms with E-state index in [1.807, 2.05) is 24.3 Å². The molecular weight excluding hydrogens is 481 g/mol. The van der Waals surface area contributed by atoms with Crippen molar-refractivity contribution < 1.29 is 4.74 Å². The van der Waals surface area contributed by atoms with Crippen LogP contribution >= 0.6 is 51.5 Å². The lowest BCUT2D eigenvalue weighted by Crippen LogP contribution is -2.16.